The standard InChI is InChI=1S/C13H27OS.C10H16O4S/c1-4-7-10-15(11-8-5-2)12-13(14)9-6-3;1-9(2)7-3-4-10(9,8(11)5-7)6-15(12,13)14/h4-12H2,1-3H3;7H,3-6H2,1-2H3,(H,12,13,14)/q+1;/p-1. The summed E-state index contributed by atoms with van der Waals surface area (Å²) in [7, 11) is -3.93. The van der Waals surface area contributed by atoms with E-state index < -0.39 is 21.3 Å². The topological polar surface area (TPSA) is 91.3 Å². The van der Waals surface area contributed by atoms with Crippen molar-refractivity contribution in [2.45, 2.75) is 92.4 Å². The van der Waals surface area contributed by atoms with Crippen LogP contribution in [0.3, 0.4) is 0 Å². The first-order valence-corrected chi connectivity index (χ1v) is 14.9. The molecule has 2 rings (SSSR count). The molecule has 2 bridgehead atoms. The molecule has 2 aliphatic carbocycles. The molecule has 0 N–H and O–H groups in total. The zero-order valence-electron chi connectivity index (χ0n) is 19.6. The van der Waals surface area contributed by atoms with Gasteiger partial charge in [-0.1, -0.05) is 47.5 Å². The van der Waals surface area contributed by atoms with Crippen molar-refractivity contribution in [1.29, 1.82) is 0 Å². The number of ketones is 2. The van der Waals surface area contributed by atoms with Gasteiger partial charge >= 0.3 is 0 Å². The largest absolute Gasteiger partial charge is 0.748 e. The quantitative estimate of drug-likeness (QED) is 0.314. The number of fused-ring (bicyclic) bond motifs is 2. The Hall–Kier alpha value is -0.400. The van der Waals surface area contributed by atoms with E-state index in [1.54, 1.807) is 0 Å². The molecule has 0 aromatic rings. The summed E-state index contributed by atoms with van der Waals surface area (Å²) < 4.78 is 32.7. The molecular formula is C23H42O5S2. The molecule has 0 aromatic carbocycles. The molecule has 2 atom stereocenters. The third kappa shape index (κ3) is 7.33. The summed E-state index contributed by atoms with van der Waals surface area (Å²) >= 11 is 0. The molecule has 7 heteroatoms. The number of carbonyl (C=O) groups is 2. The van der Waals surface area contributed by atoms with Gasteiger partial charge in [0, 0.05) is 18.3 Å². The molecule has 2 aliphatic rings. The maximum atomic E-state index is 11.8. The lowest BCUT2D eigenvalue weighted by molar-refractivity contribution is -0.128. The molecule has 0 spiro atoms. The molecule has 0 heterocycles. The van der Waals surface area contributed by atoms with Gasteiger partial charge in [-0.3, -0.25) is 9.59 Å². The van der Waals surface area contributed by atoms with Crippen molar-refractivity contribution in [3.05, 3.63) is 0 Å². The first-order chi connectivity index (χ1) is 13.9. The van der Waals surface area contributed by atoms with Gasteiger partial charge in [-0.15, -0.1) is 0 Å². The van der Waals surface area contributed by atoms with Crippen LogP contribution in [0.2, 0.25) is 0 Å². The number of hydrogen-bond acceptors (Lipinski definition) is 5. The number of unbranched alkanes of at least 4 members (excludes halogenated alkanes) is 2. The average Bonchev–Trinajstić information content (AvgIpc) is 2.97. The van der Waals surface area contributed by atoms with E-state index in [0.717, 1.165) is 25.0 Å². The molecule has 0 amide bonds. The molecular weight excluding hydrogens is 420 g/mol. The van der Waals surface area contributed by atoms with Crippen LogP contribution in [-0.2, 0) is 30.6 Å². The van der Waals surface area contributed by atoms with Gasteiger partial charge in [0.15, 0.2) is 11.5 Å². The van der Waals surface area contributed by atoms with E-state index in [9.17, 15) is 22.6 Å². The summed E-state index contributed by atoms with van der Waals surface area (Å²) in [5.41, 5.74) is -1.22. The fourth-order valence-corrected chi connectivity index (χ4v) is 8.70. The van der Waals surface area contributed by atoms with Gasteiger partial charge in [0.05, 0.1) is 15.9 Å². The van der Waals surface area contributed by atoms with Crippen LogP contribution in [0.5, 0.6) is 0 Å². The van der Waals surface area contributed by atoms with Crippen LogP contribution in [0.4, 0.5) is 0 Å². The van der Waals surface area contributed by atoms with Crippen molar-refractivity contribution in [2.24, 2.45) is 16.7 Å². The maximum Gasteiger partial charge on any atom is 0.181 e. The lowest BCUT2D eigenvalue weighted by Gasteiger charge is -2.37. The van der Waals surface area contributed by atoms with Gasteiger partial charge in [0.25, 0.3) is 0 Å². The predicted molar refractivity (Wildman–Crippen MR) is 125 cm³/mol. The second kappa shape index (κ2) is 12.0. The van der Waals surface area contributed by atoms with Crippen molar-refractivity contribution in [3.8, 4) is 0 Å². The minimum Gasteiger partial charge on any atom is -0.748 e. The van der Waals surface area contributed by atoms with Gasteiger partial charge in [-0.2, -0.15) is 0 Å². The van der Waals surface area contributed by atoms with E-state index in [1.807, 2.05) is 13.8 Å². The first kappa shape index (κ1) is 27.6. The van der Waals surface area contributed by atoms with E-state index in [2.05, 4.69) is 20.8 Å². The lowest BCUT2D eigenvalue weighted by atomic mass is 9.70. The van der Waals surface area contributed by atoms with Crippen LogP contribution >= 0.6 is 0 Å². The Morgan fingerprint density at radius 1 is 1.10 bits per heavy atom. The highest BCUT2D eigenvalue weighted by atomic mass is 32.2. The van der Waals surface area contributed by atoms with Crippen molar-refractivity contribution in [2.75, 3.05) is 23.0 Å². The molecule has 2 fully saturated rings. The monoisotopic (exact) mass is 462 g/mol. The summed E-state index contributed by atoms with van der Waals surface area (Å²) in [6, 6.07) is 0. The molecule has 30 heavy (non-hydrogen) atoms. The van der Waals surface area contributed by atoms with Crippen molar-refractivity contribution >= 4 is 32.6 Å². The van der Waals surface area contributed by atoms with Crippen LogP contribution in [0, 0.1) is 16.7 Å². The fourth-order valence-electron chi connectivity index (χ4n) is 4.93. The van der Waals surface area contributed by atoms with Gasteiger partial charge in [0.2, 0.25) is 0 Å². The highest BCUT2D eigenvalue weighted by Crippen LogP contribution is 2.64. The Balaban J connectivity index is 0.000000300. The Bertz CT molecular complexity index is 663. The molecule has 0 aromatic heterocycles. The molecule has 5 nitrogen and oxygen atoms in total. The molecule has 176 valence electrons. The molecule has 2 unspecified atom stereocenters. The van der Waals surface area contributed by atoms with Crippen LogP contribution in [0.1, 0.15) is 92.4 Å². The van der Waals surface area contributed by atoms with E-state index in [0.29, 0.717) is 29.5 Å². The first-order valence-electron chi connectivity index (χ1n) is 11.6. The van der Waals surface area contributed by atoms with Gasteiger partial charge in [-0.05, 0) is 54.3 Å². The van der Waals surface area contributed by atoms with Gasteiger partial charge < -0.3 is 4.55 Å². The van der Waals surface area contributed by atoms with Crippen LogP contribution < -0.4 is 0 Å². The zero-order valence-corrected chi connectivity index (χ0v) is 21.3. The molecule has 0 radical (unpaired) electrons. The average molecular weight is 463 g/mol. The van der Waals surface area contributed by atoms with Crippen molar-refractivity contribution in [1.82, 2.24) is 0 Å². The van der Waals surface area contributed by atoms with Crippen LogP contribution in [-0.4, -0.2) is 47.5 Å². The van der Waals surface area contributed by atoms with E-state index >= 15 is 0 Å². The number of carbonyl (C=O) groups excluding carboxylic acids is 2. The minimum atomic E-state index is -4.33. The number of Topliss-reactive ketones (excluding diaryl/α,β-unsaturated/α-hetero) is 2. The summed E-state index contributed by atoms with van der Waals surface area (Å²) in [6.07, 6.45) is 8.80. The number of rotatable bonds is 12. The van der Waals surface area contributed by atoms with Crippen LogP contribution in [0.25, 0.3) is 0 Å². The Kier molecular flexibility index (Phi) is 11.1. The third-order valence-electron chi connectivity index (χ3n) is 7.03. The SMILES string of the molecule is CC1(C)C2CCC1(CS(=O)(=O)[O-])C(=O)C2.CCCC[S+](CCCC)CC(=O)CCC. The second-order valence-corrected chi connectivity index (χ2v) is 13.3. The van der Waals surface area contributed by atoms with Crippen LogP contribution in [0.15, 0.2) is 0 Å². The summed E-state index contributed by atoms with van der Waals surface area (Å²) in [4.78, 5) is 23.4. The van der Waals surface area contributed by atoms with E-state index in [-0.39, 0.29) is 17.1 Å². The summed E-state index contributed by atoms with van der Waals surface area (Å²) in [5, 5.41) is 0. The maximum absolute atomic E-state index is 11.8. The zero-order chi connectivity index (χ0) is 23.0. The predicted octanol–water partition coefficient (Wildman–Crippen LogP) is 4.50. The van der Waals surface area contributed by atoms with E-state index in [1.165, 1.54) is 37.2 Å². The smallest absolute Gasteiger partial charge is 0.181 e. The minimum absolute atomic E-state index is 0.0248. The molecule has 0 saturated heterocycles. The Labute approximate surface area is 187 Å². The van der Waals surface area contributed by atoms with E-state index in [4.69, 9.17) is 0 Å². The highest BCUT2D eigenvalue weighted by molar-refractivity contribution is 7.97. The third-order valence-corrected chi connectivity index (χ3v) is 10.3. The lowest BCUT2D eigenvalue weighted by Crippen LogP contribution is -2.42. The summed E-state index contributed by atoms with van der Waals surface area (Å²) in [5.74, 6) is 3.65. The Morgan fingerprint density at radius 3 is 2.03 bits per heavy atom. The molecule has 0 aliphatic heterocycles. The van der Waals surface area contributed by atoms with Gasteiger partial charge in [-0.25, -0.2) is 8.42 Å². The second-order valence-electron chi connectivity index (χ2n) is 9.53. The summed E-state index contributed by atoms with van der Waals surface area (Å²) in [6.45, 7) is 10.4. The van der Waals surface area contributed by atoms with Crippen molar-refractivity contribution in [3.63, 3.8) is 0 Å². The highest BCUT2D eigenvalue weighted by Gasteiger charge is 2.64. The van der Waals surface area contributed by atoms with Crippen molar-refractivity contribution < 1.29 is 22.6 Å². The number of hydrogen-bond donors (Lipinski definition) is 0. The fraction of sp³-hybridized carbons (Fsp3) is 0.913. The molecule has 2 saturated carbocycles. The normalized spacial score (nSPS) is 24.8. The Morgan fingerprint density at radius 2 is 1.67 bits per heavy atom. The van der Waals surface area contributed by atoms with Gasteiger partial charge in [0.1, 0.15) is 17.3 Å².